The average molecular weight is 1090 g/mol. The van der Waals surface area contributed by atoms with E-state index in [-0.39, 0.29) is 12.1 Å². The zero-order valence-corrected chi connectivity index (χ0v) is 47.2. The van der Waals surface area contributed by atoms with Gasteiger partial charge in [0.1, 0.15) is 0 Å². The molecule has 2 aliphatic heterocycles. The Labute approximate surface area is 489 Å². The monoisotopic (exact) mass is 1090 g/mol. The van der Waals surface area contributed by atoms with Crippen molar-refractivity contribution in [3.05, 3.63) is 289 Å². The number of halogens is 2. The number of para-hydroxylation sites is 3. The predicted molar refractivity (Wildman–Crippen MR) is 351 cm³/mol. The zero-order chi connectivity index (χ0) is 55.2. The standard InChI is InChI=1S/C76H54BCl2N3/c1-76(2,3)54-45-62(51-27-13-6-14-28-51)75(63(46-54)52-29-15-7-16-30-52)82-69-48-56(79)40-42-65(69)77-64-41-39-55(78)47-68(64)81(74-59(49-23-9-4-10-24-49)35-21-36-60(74)50-25-11-5-12-26-50)70-43-53(44-71(82)73(70)77)58-34-22-38-67-72(58)61-33-19-20-37-66(61)80(67)57-31-17-8-18-32-57/h4-48H,1-3H3. The van der Waals surface area contributed by atoms with Gasteiger partial charge < -0.3 is 14.4 Å². The molecule has 0 aliphatic carbocycles. The lowest BCUT2D eigenvalue weighted by Crippen LogP contribution is -2.61. The van der Waals surface area contributed by atoms with E-state index < -0.39 is 0 Å². The minimum Gasteiger partial charge on any atom is -0.310 e. The molecule has 0 fully saturated rings. The van der Waals surface area contributed by atoms with Crippen LogP contribution in [0.2, 0.25) is 10.0 Å². The van der Waals surface area contributed by atoms with E-state index in [1.807, 2.05) is 0 Å². The number of nitrogens with zero attached hydrogens (tertiary/aromatic N) is 3. The molecule has 82 heavy (non-hydrogen) atoms. The second-order valence-electron chi connectivity index (χ2n) is 22.7. The molecular weight excluding hydrogens is 1040 g/mol. The molecule has 0 atom stereocenters. The largest absolute Gasteiger partial charge is 0.310 e. The van der Waals surface area contributed by atoms with Gasteiger partial charge in [-0.15, -0.1) is 0 Å². The highest BCUT2D eigenvalue weighted by Crippen LogP contribution is 2.55. The zero-order valence-electron chi connectivity index (χ0n) is 45.7. The summed E-state index contributed by atoms with van der Waals surface area (Å²) >= 11 is 14.8. The third-order valence-corrected chi connectivity index (χ3v) is 17.3. The second-order valence-corrected chi connectivity index (χ2v) is 23.5. The van der Waals surface area contributed by atoms with Crippen LogP contribution in [-0.4, -0.2) is 11.3 Å². The van der Waals surface area contributed by atoms with Crippen molar-refractivity contribution >= 4 is 102 Å². The SMILES string of the molecule is CC(C)(C)c1cc(-c2ccccc2)c(N2c3cc(Cl)ccc3B3c4ccc(Cl)cc4N(c4c(-c5ccccc5)cccc4-c4ccccc4)c4cc(-c5cccc6c5c5ccccc5n6-c5ccccc5)cc2c43)c(-c2ccccc2)c1. The summed E-state index contributed by atoms with van der Waals surface area (Å²) in [7, 11) is 0. The van der Waals surface area contributed by atoms with Crippen molar-refractivity contribution in [1.29, 1.82) is 0 Å². The smallest absolute Gasteiger partial charge is 0.252 e. The fourth-order valence-corrected chi connectivity index (χ4v) is 13.5. The Kier molecular flexibility index (Phi) is 12.0. The Hall–Kier alpha value is -9.32. The summed E-state index contributed by atoms with van der Waals surface area (Å²) in [6, 6.07) is 99.6. The Balaban J connectivity index is 1.15. The van der Waals surface area contributed by atoms with Gasteiger partial charge in [0.2, 0.25) is 0 Å². The maximum absolute atomic E-state index is 7.41. The van der Waals surface area contributed by atoms with Gasteiger partial charge in [-0.05, 0) is 134 Å². The van der Waals surface area contributed by atoms with Crippen LogP contribution >= 0.6 is 23.2 Å². The van der Waals surface area contributed by atoms with Crippen molar-refractivity contribution in [2.24, 2.45) is 0 Å². The Morgan fingerprint density at radius 3 is 1.26 bits per heavy atom. The summed E-state index contributed by atoms with van der Waals surface area (Å²) in [4.78, 5) is 5.13. The summed E-state index contributed by atoms with van der Waals surface area (Å²) in [6.07, 6.45) is 0. The molecule has 0 bridgehead atoms. The number of hydrogen-bond acceptors (Lipinski definition) is 2. The molecule has 0 saturated heterocycles. The molecule has 390 valence electrons. The van der Waals surface area contributed by atoms with Crippen molar-refractivity contribution in [2.45, 2.75) is 26.2 Å². The van der Waals surface area contributed by atoms with Crippen LogP contribution in [0.5, 0.6) is 0 Å². The molecule has 13 aromatic rings. The highest BCUT2D eigenvalue weighted by molar-refractivity contribution is 7.00. The van der Waals surface area contributed by atoms with Crippen molar-refractivity contribution in [3.8, 4) is 61.3 Å². The average Bonchev–Trinajstić information content (AvgIpc) is 1.85. The van der Waals surface area contributed by atoms with Crippen LogP contribution in [0.15, 0.2) is 273 Å². The molecule has 0 saturated carbocycles. The number of rotatable bonds is 8. The molecule has 0 spiro atoms. The summed E-state index contributed by atoms with van der Waals surface area (Å²) in [6.45, 7) is 6.73. The van der Waals surface area contributed by atoms with E-state index >= 15 is 0 Å². The first-order valence-corrected chi connectivity index (χ1v) is 28.9. The van der Waals surface area contributed by atoms with E-state index in [0.717, 1.165) is 117 Å². The van der Waals surface area contributed by atoms with Crippen LogP contribution in [0.25, 0.3) is 83.1 Å². The normalized spacial score (nSPS) is 12.6. The second kappa shape index (κ2) is 19.7. The molecule has 3 heterocycles. The van der Waals surface area contributed by atoms with E-state index in [1.54, 1.807) is 0 Å². The third-order valence-electron chi connectivity index (χ3n) is 16.8. The molecular formula is C76H54BCl2N3. The van der Waals surface area contributed by atoms with Crippen LogP contribution in [0.3, 0.4) is 0 Å². The van der Waals surface area contributed by atoms with Gasteiger partial charge in [0.25, 0.3) is 6.71 Å². The molecule has 1 aromatic heterocycles. The maximum atomic E-state index is 7.41. The molecule has 15 rings (SSSR count). The summed E-state index contributed by atoms with van der Waals surface area (Å²) in [5.74, 6) is 0. The van der Waals surface area contributed by atoms with Crippen LogP contribution in [-0.2, 0) is 5.41 Å². The first kappa shape index (κ1) is 49.7. The van der Waals surface area contributed by atoms with Gasteiger partial charge in [0, 0.05) is 71.5 Å². The number of anilines is 6. The van der Waals surface area contributed by atoms with Crippen molar-refractivity contribution in [3.63, 3.8) is 0 Å². The van der Waals surface area contributed by atoms with Crippen LogP contribution in [0.1, 0.15) is 26.3 Å². The minimum atomic E-state index is -0.222. The quantitative estimate of drug-likeness (QED) is 0.141. The third kappa shape index (κ3) is 8.11. The van der Waals surface area contributed by atoms with Gasteiger partial charge in [-0.1, -0.05) is 244 Å². The van der Waals surface area contributed by atoms with Crippen molar-refractivity contribution in [2.75, 3.05) is 9.80 Å². The van der Waals surface area contributed by atoms with Gasteiger partial charge in [0.15, 0.2) is 0 Å². The lowest BCUT2D eigenvalue weighted by atomic mass is 9.33. The van der Waals surface area contributed by atoms with Gasteiger partial charge in [-0.2, -0.15) is 0 Å². The van der Waals surface area contributed by atoms with E-state index in [1.165, 1.54) is 21.8 Å². The molecule has 12 aromatic carbocycles. The van der Waals surface area contributed by atoms with Crippen molar-refractivity contribution in [1.82, 2.24) is 4.57 Å². The molecule has 2 aliphatic rings. The minimum absolute atomic E-state index is 0.176. The van der Waals surface area contributed by atoms with Gasteiger partial charge in [-0.25, -0.2) is 0 Å². The van der Waals surface area contributed by atoms with Gasteiger partial charge in [-0.3, -0.25) is 0 Å². The summed E-state index contributed by atoms with van der Waals surface area (Å²) < 4.78 is 2.42. The highest BCUT2D eigenvalue weighted by Gasteiger charge is 2.46. The molecule has 0 N–H and O–H groups in total. The number of fused-ring (bicyclic) bond motifs is 7. The topological polar surface area (TPSA) is 11.4 Å². The highest BCUT2D eigenvalue weighted by atomic mass is 35.5. The number of aromatic nitrogens is 1. The van der Waals surface area contributed by atoms with Crippen LogP contribution in [0, 0.1) is 0 Å². The van der Waals surface area contributed by atoms with E-state index in [0.29, 0.717) is 10.0 Å². The van der Waals surface area contributed by atoms with E-state index in [2.05, 4.69) is 308 Å². The molecule has 0 radical (unpaired) electrons. The first-order chi connectivity index (χ1) is 40.2. The summed E-state index contributed by atoms with van der Waals surface area (Å²) in [5.41, 5.74) is 25.4. The fourth-order valence-electron chi connectivity index (χ4n) is 13.2. The van der Waals surface area contributed by atoms with Crippen LogP contribution in [0.4, 0.5) is 34.1 Å². The lowest BCUT2D eigenvalue weighted by molar-refractivity contribution is 0.591. The number of hydrogen-bond donors (Lipinski definition) is 0. The Morgan fingerprint density at radius 2 is 0.756 bits per heavy atom. The first-order valence-electron chi connectivity index (χ1n) is 28.2. The van der Waals surface area contributed by atoms with Crippen molar-refractivity contribution < 1.29 is 0 Å². The molecule has 6 heteroatoms. The predicted octanol–water partition coefficient (Wildman–Crippen LogP) is 19.8. The van der Waals surface area contributed by atoms with Gasteiger partial charge >= 0.3 is 0 Å². The molecule has 0 unspecified atom stereocenters. The molecule has 0 amide bonds. The summed E-state index contributed by atoms with van der Waals surface area (Å²) in [5, 5.41) is 3.68. The number of benzene rings is 12. The maximum Gasteiger partial charge on any atom is 0.252 e. The Bertz CT molecular complexity index is 4510. The Morgan fingerprint density at radius 1 is 0.341 bits per heavy atom. The van der Waals surface area contributed by atoms with E-state index in [4.69, 9.17) is 23.2 Å². The molecule has 3 nitrogen and oxygen atoms in total. The lowest BCUT2D eigenvalue weighted by Gasteiger charge is -2.46. The van der Waals surface area contributed by atoms with Crippen LogP contribution < -0.4 is 26.2 Å². The van der Waals surface area contributed by atoms with E-state index in [9.17, 15) is 0 Å². The fraction of sp³-hybridized carbons (Fsp3) is 0.0526. The van der Waals surface area contributed by atoms with Gasteiger partial charge in [0.05, 0.1) is 22.4 Å².